The molecule has 1 aliphatic rings. The third-order valence-corrected chi connectivity index (χ3v) is 3.20. The van der Waals surface area contributed by atoms with Crippen molar-refractivity contribution in [3.8, 4) is 0 Å². The highest BCUT2D eigenvalue weighted by molar-refractivity contribution is 6.20. The molecule has 1 aliphatic heterocycles. The molecular weight excluding hydrogens is 188 g/mol. The molecule has 0 saturated carbocycles. The Hall–Kier alpha value is 0.210. The highest BCUT2D eigenvalue weighted by atomic mass is 35.5. The predicted octanol–water partition coefficient (Wildman–Crippen LogP) is 2.45. The van der Waals surface area contributed by atoms with Crippen LogP contribution in [0.15, 0.2) is 0 Å². The summed E-state index contributed by atoms with van der Waals surface area (Å²) in [6, 6.07) is 0. The van der Waals surface area contributed by atoms with Gasteiger partial charge in [0.05, 0.1) is 12.2 Å². The monoisotopic (exact) mass is 206 g/mol. The van der Waals surface area contributed by atoms with E-state index in [0.717, 1.165) is 19.4 Å². The minimum absolute atomic E-state index is 0.153. The lowest BCUT2D eigenvalue weighted by Gasteiger charge is -2.41. The van der Waals surface area contributed by atoms with Crippen LogP contribution in [0.2, 0.25) is 0 Å². The van der Waals surface area contributed by atoms with E-state index in [4.69, 9.17) is 21.1 Å². The summed E-state index contributed by atoms with van der Waals surface area (Å²) < 4.78 is 11.0. The highest BCUT2D eigenvalue weighted by Gasteiger charge is 2.39. The van der Waals surface area contributed by atoms with Crippen LogP contribution in [0.3, 0.4) is 0 Å². The van der Waals surface area contributed by atoms with Crippen LogP contribution in [0.25, 0.3) is 0 Å². The number of halogens is 1. The van der Waals surface area contributed by atoms with E-state index in [-0.39, 0.29) is 11.0 Å². The smallest absolute Gasteiger partial charge is 0.0951 e. The second kappa shape index (κ2) is 4.63. The molecule has 2 unspecified atom stereocenters. The summed E-state index contributed by atoms with van der Waals surface area (Å²) in [5.41, 5.74) is -0.153. The Bertz CT molecular complexity index is 157. The Morgan fingerprint density at radius 2 is 2.31 bits per heavy atom. The Kier molecular flexibility index (Phi) is 4.02. The molecule has 0 spiro atoms. The van der Waals surface area contributed by atoms with Crippen LogP contribution in [-0.4, -0.2) is 31.3 Å². The molecule has 0 N–H and O–H groups in total. The Morgan fingerprint density at radius 3 is 2.77 bits per heavy atom. The highest BCUT2D eigenvalue weighted by Crippen LogP contribution is 2.34. The van der Waals surface area contributed by atoms with Gasteiger partial charge >= 0.3 is 0 Å². The lowest BCUT2D eigenvalue weighted by Crippen LogP contribution is -2.48. The van der Waals surface area contributed by atoms with Crippen LogP contribution in [0.4, 0.5) is 0 Å². The van der Waals surface area contributed by atoms with E-state index in [2.05, 4.69) is 13.8 Å². The normalized spacial score (nSPS) is 35.3. The van der Waals surface area contributed by atoms with Crippen LogP contribution >= 0.6 is 11.6 Å². The van der Waals surface area contributed by atoms with Gasteiger partial charge in [-0.3, -0.25) is 0 Å². The van der Waals surface area contributed by atoms with Gasteiger partial charge in [-0.05, 0) is 18.8 Å². The molecule has 0 aromatic rings. The van der Waals surface area contributed by atoms with E-state index < -0.39 is 0 Å². The average Bonchev–Trinajstić information content (AvgIpc) is 2.04. The quantitative estimate of drug-likeness (QED) is 0.661. The van der Waals surface area contributed by atoms with Crippen LogP contribution in [0, 0.1) is 5.92 Å². The fourth-order valence-electron chi connectivity index (χ4n) is 1.84. The minimum atomic E-state index is -0.153. The SMILES string of the molecule is COCC1(C(C)C)CC(Cl)CCO1. The van der Waals surface area contributed by atoms with Gasteiger partial charge in [-0.15, -0.1) is 11.6 Å². The van der Waals surface area contributed by atoms with Gasteiger partial charge in [-0.2, -0.15) is 0 Å². The molecule has 13 heavy (non-hydrogen) atoms. The lowest BCUT2D eigenvalue weighted by atomic mass is 9.84. The maximum Gasteiger partial charge on any atom is 0.0951 e. The van der Waals surface area contributed by atoms with Crippen molar-refractivity contribution < 1.29 is 9.47 Å². The first-order valence-corrected chi connectivity index (χ1v) is 5.31. The zero-order valence-corrected chi connectivity index (χ0v) is 9.43. The lowest BCUT2D eigenvalue weighted by molar-refractivity contribution is -0.140. The topological polar surface area (TPSA) is 18.5 Å². The molecule has 1 rings (SSSR count). The van der Waals surface area contributed by atoms with E-state index >= 15 is 0 Å². The van der Waals surface area contributed by atoms with Crippen molar-refractivity contribution in [1.82, 2.24) is 0 Å². The van der Waals surface area contributed by atoms with Crippen molar-refractivity contribution >= 4 is 11.6 Å². The number of hydrogen-bond donors (Lipinski definition) is 0. The van der Waals surface area contributed by atoms with Gasteiger partial charge < -0.3 is 9.47 Å². The molecule has 0 aromatic heterocycles. The first kappa shape index (κ1) is 11.3. The van der Waals surface area contributed by atoms with Crippen molar-refractivity contribution in [2.75, 3.05) is 20.3 Å². The largest absolute Gasteiger partial charge is 0.382 e. The van der Waals surface area contributed by atoms with Gasteiger partial charge in [0.15, 0.2) is 0 Å². The average molecular weight is 207 g/mol. The van der Waals surface area contributed by atoms with Gasteiger partial charge in [0.1, 0.15) is 0 Å². The number of methoxy groups -OCH3 is 1. The fourth-order valence-corrected chi connectivity index (χ4v) is 2.19. The zero-order valence-electron chi connectivity index (χ0n) is 8.68. The van der Waals surface area contributed by atoms with E-state index in [1.54, 1.807) is 7.11 Å². The van der Waals surface area contributed by atoms with Gasteiger partial charge in [0.2, 0.25) is 0 Å². The second-order valence-corrected chi connectivity index (χ2v) is 4.71. The minimum Gasteiger partial charge on any atom is -0.382 e. The molecule has 1 saturated heterocycles. The molecule has 1 fully saturated rings. The summed E-state index contributed by atoms with van der Waals surface area (Å²) in [6.07, 6.45) is 1.86. The predicted molar refractivity (Wildman–Crippen MR) is 54.3 cm³/mol. The molecule has 2 atom stereocenters. The van der Waals surface area contributed by atoms with E-state index in [9.17, 15) is 0 Å². The van der Waals surface area contributed by atoms with Crippen molar-refractivity contribution in [3.05, 3.63) is 0 Å². The van der Waals surface area contributed by atoms with Crippen molar-refractivity contribution in [3.63, 3.8) is 0 Å². The molecular formula is C10H19ClO2. The molecule has 3 heteroatoms. The number of hydrogen-bond acceptors (Lipinski definition) is 2. The third-order valence-electron chi connectivity index (χ3n) is 2.83. The Morgan fingerprint density at radius 1 is 1.62 bits per heavy atom. The molecule has 0 amide bonds. The standard InChI is InChI=1S/C10H19ClO2/c1-8(2)10(7-12-3)6-9(11)4-5-13-10/h8-9H,4-7H2,1-3H3. The molecule has 78 valence electrons. The number of ether oxygens (including phenoxy) is 2. The fraction of sp³-hybridized carbons (Fsp3) is 1.00. The second-order valence-electron chi connectivity index (χ2n) is 4.09. The molecule has 0 radical (unpaired) electrons. The van der Waals surface area contributed by atoms with Gasteiger partial charge in [-0.1, -0.05) is 13.8 Å². The summed E-state index contributed by atoms with van der Waals surface area (Å²) in [5, 5.41) is 0.242. The molecule has 1 heterocycles. The molecule has 0 aromatic carbocycles. The summed E-state index contributed by atoms with van der Waals surface area (Å²) in [4.78, 5) is 0. The van der Waals surface area contributed by atoms with Gasteiger partial charge in [-0.25, -0.2) is 0 Å². The first-order chi connectivity index (χ1) is 6.10. The summed E-state index contributed by atoms with van der Waals surface area (Å²) in [6.45, 7) is 5.73. The van der Waals surface area contributed by atoms with Crippen LogP contribution < -0.4 is 0 Å². The van der Waals surface area contributed by atoms with E-state index in [1.165, 1.54) is 0 Å². The molecule has 0 bridgehead atoms. The third kappa shape index (κ3) is 2.58. The molecule has 2 nitrogen and oxygen atoms in total. The number of rotatable bonds is 3. The zero-order chi connectivity index (χ0) is 9.90. The van der Waals surface area contributed by atoms with Crippen molar-refractivity contribution in [2.24, 2.45) is 5.92 Å². The van der Waals surface area contributed by atoms with Crippen LogP contribution in [0.5, 0.6) is 0 Å². The van der Waals surface area contributed by atoms with Crippen molar-refractivity contribution in [2.45, 2.75) is 37.7 Å². The van der Waals surface area contributed by atoms with Gasteiger partial charge in [0.25, 0.3) is 0 Å². The summed E-state index contributed by atoms with van der Waals surface area (Å²) >= 11 is 6.15. The van der Waals surface area contributed by atoms with E-state index in [1.807, 2.05) is 0 Å². The number of alkyl halides is 1. The summed E-state index contributed by atoms with van der Waals surface area (Å²) in [7, 11) is 1.71. The Balaban J connectivity index is 2.64. The first-order valence-electron chi connectivity index (χ1n) is 4.87. The Labute approximate surface area is 85.5 Å². The maximum atomic E-state index is 6.15. The van der Waals surface area contributed by atoms with Crippen LogP contribution in [-0.2, 0) is 9.47 Å². The van der Waals surface area contributed by atoms with Crippen LogP contribution in [0.1, 0.15) is 26.7 Å². The molecule has 0 aliphatic carbocycles. The van der Waals surface area contributed by atoms with E-state index in [0.29, 0.717) is 12.5 Å². The maximum absolute atomic E-state index is 6.15. The van der Waals surface area contributed by atoms with Crippen molar-refractivity contribution in [1.29, 1.82) is 0 Å². The van der Waals surface area contributed by atoms with Gasteiger partial charge in [0, 0.05) is 19.1 Å². The summed E-state index contributed by atoms with van der Waals surface area (Å²) in [5.74, 6) is 0.453.